The van der Waals surface area contributed by atoms with Crippen LogP contribution in [0.4, 0.5) is 4.79 Å². The van der Waals surface area contributed by atoms with Gasteiger partial charge in [0.15, 0.2) is 0 Å². The van der Waals surface area contributed by atoms with Crippen LogP contribution in [0, 0.1) is 0 Å². The summed E-state index contributed by atoms with van der Waals surface area (Å²) >= 11 is 0. The summed E-state index contributed by atoms with van der Waals surface area (Å²) in [6, 6.07) is 6.76. The van der Waals surface area contributed by atoms with Crippen molar-refractivity contribution in [1.29, 1.82) is 0 Å². The van der Waals surface area contributed by atoms with Crippen LogP contribution in [0.1, 0.15) is 69.2 Å². The Morgan fingerprint density at radius 2 is 1.69 bits per heavy atom. The predicted molar refractivity (Wildman–Crippen MR) is 97.9 cm³/mol. The highest BCUT2D eigenvalue weighted by atomic mass is 16.7. The number of nitrogens with zero attached hydrogens (tertiary/aromatic N) is 1. The second kappa shape index (κ2) is 9.03. The summed E-state index contributed by atoms with van der Waals surface area (Å²) in [7, 11) is 0. The van der Waals surface area contributed by atoms with Crippen molar-refractivity contribution < 1.29 is 23.8 Å². The molecule has 1 aromatic carbocycles. The molecule has 0 aromatic heterocycles. The van der Waals surface area contributed by atoms with E-state index >= 15 is 0 Å². The van der Waals surface area contributed by atoms with Gasteiger partial charge in [-0.25, -0.2) is 9.59 Å². The third-order valence-electron chi connectivity index (χ3n) is 3.98. The van der Waals surface area contributed by atoms with Crippen LogP contribution in [0.15, 0.2) is 24.3 Å². The number of piperidine rings is 1. The van der Waals surface area contributed by atoms with Crippen LogP contribution in [-0.2, 0) is 14.2 Å². The third-order valence-corrected chi connectivity index (χ3v) is 3.98. The standard InChI is InChI=1S/C20H29NO5/c1-5-24-17(22)15-9-11-16(12-10-15)18(26-20(2,3)4)25-19(23)21-13-7-6-8-14-21/h9-12,18H,5-8,13-14H2,1-4H3. The van der Waals surface area contributed by atoms with Gasteiger partial charge in [-0.2, -0.15) is 0 Å². The number of ether oxygens (including phenoxy) is 3. The van der Waals surface area contributed by atoms with Crippen LogP contribution >= 0.6 is 0 Å². The summed E-state index contributed by atoms with van der Waals surface area (Å²) in [5.41, 5.74) is 0.637. The fourth-order valence-corrected chi connectivity index (χ4v) is 2.71. The summed E-state index contributed by atoms with van der Waals surface area (Å²) in [5.74, 6) is -0.377. The number of esters is 1. The summed E-state index contributed by atoms with van der Waals surface area (Å²) in [6.07, 6.45) is 1.93. The molecule has 26 heavy (non-hydrogen) atoms. The van der Waals surface area contributed by atoms with Crippen LogP contribution in [0.5, 0.6) is 0 Å². The zero-order chi connectivity index (χ0) is 19.2. The topological polar surface area (TPSA) is 65.1 Å². The highest BCUT2D eigenvalue weighted by Crippen LogP contribution is 2.27. The van der Waals surface area contributed by atoms with Crippen molar-refractivity contribution in [3.8, 4) is 0 Å². The van der Waals surface area contributed by atoms with Crippen molar-refractivity contribution in [3.63, 3.8) is 0 Å². The Balaban J connectivity index is 2.13. The Kier molecular flexibility index (Phi) is 7.03. The van der Waals surface area contributed by atoms with E-state index in [0.29, 0.717) is 30.8 Å². The lowest BCUT2D eigenvalue weighted by Crippen LogP contribution is -2.38. The molecule has 144 valence electrons. The first kappa shape index (κ1) is 20.2. The van der Waals surface area contributed by atoms with Gasteiger partial charge in [0, 0.05) is 18.7 Å². The second-order valence-corrected chi connectivity index (χ2v) is 7.34. The molecule has 0 aliphatic carbocycles. The molecule has 1 amide bonds. The number of carbonyl (C=O) groups excluding carboxylic acids is 2. The van der Waals surface area contributed by atoms with E-state index in [1.54, 1.807) is 36.1 Å². The average molecular weight is 363 g/mol. The van der Waals surface area contributed by atoms with Gasteiger partial charge in [-0.15, -0.1) is 0 Å². The zero-order valence-corrected chi connectivity index (χ0v) is 16.1. The van der Waals surface area contributed by atoms with Gasteiger partial charge >= 0.3 is 12.1 Å². The van der Waals surface area contributed by atoms with Crippen LogP contribution in [0.2, 0.25) is 0 Å². The lowest BCUT2D eigenvalue weighted by Gasteiger charge is -2.31. The maximum absolute atomic E-state index is 12.5. The number of hydrogen-bond acceptors (Lipinski definition) is 5. The van der Waals surface area contributed by atoms with Crippen molar-refractivity contribution in [1.82, 2.24) is 4.90 Å². The van der Waals surface area contributed by atoms with Crippen LogP contribution in [-0.4, -0.2) is 42.3 Å². The number of carbonyl (C=O) groups is 2. The van der Waals surface area contributed by atoms with Crippen molar-refractivity contribution in [2.45, 2.75) is 58.8 Å². The molecule has 2 rings (SSSR count). The molecule has 1 fully saturated rings. The number of rotatable bonds is 5. The van der Waals surface area contributed by atoms with Crippen molar-refractivity contribution in [2.75, 3.05) is 19.7 Å². The van der Waals surface area contributed by atoms with Crippen LogP contribution in [0.3, 0.4) is 0 Å². The van der Waals surface area contributed by atoms with Gasteiger partial charge in [-0.05, 0) is 59.1 Å². The lowest BCUT2D eigenvalue weighted by atomic mass is 10.1. The highest BCUT2D eigenvalue weighted by molar-refractivity contribution is 5.89. The first-order valence-corrected chi connectivity index (χ1v) is 9.20. The second-order valence-electron chi connectivity index (χ2n) is 7.34. The van der Waals surface area contributed by atoms with Gasteiger partial charge < -0.3 is 19.1 Å². The smallest absolute Gasteiger partial charge is 0.412 e. The summed E-state index contributed by atoms with van der Waals surface area (Å²) in [4.78, 5) is 26.0. The van der Waals surface area contributed by atoms with Gasteiger partial charge in [-0.1, -0.05) is 12.1 Å². The number of hydrogen-bond donors (Lipinski definition) is 0. The lowest BCUT2D eigenvalue weighted by molar-refractivity contribution is -0.175. The molecule has 0 spiro atoms. The van der Waals surface area contributed by atoms with Gasteiger partial charge in [0.1, 0.15) is 0 Å². The Morgan fingerprint density at radius 1 is 1.08 bits per heavy atom. The highest BCUT2D eigenvalue weighted by Gasteiger charge is 2.27. The van der Waals surface area contributed by atoms with Gasteiger partial charge in [0.25, 0.3) is 0 Å². The number of amides is 1. The van der Waals surface area contributed by atoms with Crippen molar-refractivity contribution in [2.24, 2.45) is 0 Å². The fraction of sp³-hybridized carbons (Fsp3) is 0.600. The Bertz CT molecular complexity index is 600. The maximum atomic E-state index is 12.5. The maximum Gasteiger partial charge on any atom is 0.412 e. The Hall–Kier alpha value is -2.08. The van der Waals surface area contributed by atoms with E-state index in [4.69, 9.17) is 14.2 Å². The molecule has 0 radical (unpaired) electrons. The van der Waals surface area contributed by atoms with E-state index in [1.165, 1.54) is 0 Å². The van der Waals surface area contributed by atoms with E-state index < -0.39 is 11.9 Å². The zero-order valence-electron chi connectivity index (χ0n) is 16.1. The monoisotopic (exact) mass is 363 g/mol. The third kappa shape index (κ3) is 6.02. The minimum atomic E-state index is -0.833. The molecular weight excluding hydrogens is 334 g/mol. The molecule has 1 heterocycles. The normalized spacial score (nSPS) is 16.1. The largest absolute Gasteiger partial charge is 0.462 e. The molecule has 1 aliphatic heterocycles. The van der Waals surface area contributed by atoms with E-state index in [2.05, 4.69) is 0 Å². The Labute approximate surface area is 155 Å². The Morgan fingerprint density at radius 3 is 2.23 bits per heavy atom. The molecule has 0 saturated carbocycles. The molecule has 1 atom stereocenters. The molecular formula is C20H29NO5. The van der Waals surface area contributed by atoms with Gasteiger partial charge in [0.05, 0.1) is 17.8 Å². The van der Waals surface area contributed by atoms with Crippen LogP contribution in [0.25, 0.3) is 0 Å². The van der Waals surface area contributed by atoms with Crippen molar-refractivity contribution >= 4 is 12.1 Å². The number of likely N-dealkylation sites (tertiary alicyclic amines) is 1. The molecule has 1 unspecified atom stereocenters. The first-order chi connectivity index (χ1) is 12.3. The first-order valence-electron chi connectivity index (χ1n) is 9.20. The molecule has 6 heteroatoms. The summed E-state index contributed by atoms with van der Waals surface area (Å²) in [6.45, 7) is 9.22. The van der Waals surface area contributed by atoms with E-state index in [0.717, 1.165) is 19.3 Å². The SMILES string of the molecule is CCOC(=O)c1ccc(C(OC(=O)N2CCCCC2)OC(C)(C)C)cc1. The van der Waals surface area contributed by atoms with Crippen LogP contribution < -0.4 is 0 Å². The summed E-state index contributed by atoms with van der Waals surface area (Å²) < 4.78 is 16.6. The van der Waals surface area contributed by atoms with E-state index in [1.807, 2.05) is 20.8 Å². The van der Waals surface area contributed by atoms with E-state index in [9.17, 15) is 9.59 Å². The van der Waals surface area contributed by atoms with Gasteiger partial charge in [-0.3, -0.25) is 0 Å². The van der Waals surface area contributed by atoms with E-state index in [-0.39, 0.29) is 12.1 Å². The van der Waals surface area contributed by atoms with Gasteiger partial charge in [0.2, 0.25) is 6.29 Å². The van der Waals surface area contributed by atoms with Crippen molar-refractivity contribution in [3.05, 3.63) is 35.4 Å². The average Bonchev–Trinajstić information content (AvgIpc) is 2.61. The molecule has 1 aromatic rings. The predicted octanol–water partition coefficient (Wildman–Crippen LogP) is 4.30. The minimum absolute atomic E-state index is 0.323. The molecule has 1 saturated heterocycles. The fourth-order valence-electron chi connectivity index (χ4n) is 2.71. The molecule has 6 nitrogen and oxygen atoms in total. The molecule has 0 N–H and O–H groups in total. The molecule has 1 aliphatic rings. The minimum Gasteiger partial charge on any atom is -0.462 e. The number of benzene rings is 1. The quantitative estimate of drug-likeness (QED) is 0.576. The summed E-state index contributed by atoms with van der Waals surface area (Å²) in [5, 5.41) is 0. The molecule has 0 bridgehead atoms.